The molecule has 0 atom stereocenters. The Morgan fingerprint density at radius 2 is 0.758 bits per heavy atom. The summed E-state index contributed by atoms with van der Waals surface area (Å²) in [4.78, 5) is 0. The molecule has 4 saturated carbocycles. The molecule has 0 aromatic rings. The Kier molecular flexibility index (Phi) is 11.1. The molecule has 4 rings (SSSR count). The maximum absolute atomic E-state index is 7.85. The first kappa shape index (κ1) is 26.2. The molecule has 0 heterocycles. The summed E-state index contributed by atoms with van der Waals surface area (Å²) in [5.41, 5.74) is 1.48. The van der Waals surface area contributed by atoms with E-state index in [1.807, 2.05) is 0 Å². The summed E-state index contributed by atoms with van der Waals surface area (Å²) < 4.78 is 14.8. The van der Waals surface area contributed by atoms with Crippen molar-refractivity contribution in [3.05, 3.63) is 0 Å². The standard InChI is InChI=1S/C30H56O2Si/c1-31-33(28-22-14-4-2-5-15-23-28,29-24-16-6-3-7-17-25-29)32-30(26-18-10-8-11-19-26)27-20-12-9-13-21-27/h26-30H,2-25H2,1H3. The molecular formula is C30H56O2Si. The van der Waals surface area contributed by atoms with Crippen LogP contribution in [0.15, 0.2) is 0 Å². The van der Waals surface area contributed by atoms with Gasteiger partial charge < -0.3 is 8.85 Å². The molecule has 0 spiro atoms. The van der Waals surface area contributed by atoms with Gasteiger partial charge in [-0.15, -0.1) is 0 Å². The van der Waals surface area contributed by atoms with Crippen molar-refractivity contribution in [2.45, 2.75) is 171 Å². The van der Waals surface area contributed by atoms with Gasteiger partial charge in [0.15, 0.2) is 0 Å². The van der Waals surface area contributed by atoms with Gasteiger partial charge in [0.1, 0.15) is 0 Å². The second-order valence-electron chi connectivity index (χ2n) is 12.4. The molecule has 2 nitrogen and oxygen atoms in total. The van der Waals surface area contributed by atoms with Gasteiger partial charge >= 0.3 is 8.56 Å². The molecule has 3 heteroatoms. The Labute approximate surface area is 207 Å². The normalized spacial score (nSPS) is 27.1. The van der Waals surface area contributed by atoms with Gasteiger partial charge in [0, 0.05) is 18.2 Å². The molecular weight excluding hydrogens is 420 g/mol. The molecule has 4 aliphatic rings. The highest BCUT2D eigenvalue weighted by Crippen LogP contribution is 2.50. The van der Waals surface area contributed by atoms with Gasteiger partial charge in [-0.25, -0.2) is 0 Å². The van der Waals surface area contributed by atoms with Crippen LogP contribution in [-0.4, -0.2) is 21.8 Å². The first-order chi connectivity index (χ1) is 16.3. The highest BCUT2D eigenvalue weighted by molar-refractivity contribution is 6.70. The lowest BCUT2D eigenvalue weighted by atomic mass is 9.75. The molecule has 0 unspecified atom stereocenters. The van der Waals surface area contributed by atoms with Crippen molar-refractivity contribution in [1.82, 2.24) is 0 Å². The van der Waals surface area contributed by atoms with E-state index in [0.717, 1.165) is 22.9 Å². The maximum Gasteiger partial charge on any atom is 0.344 e. The quantitative estimate of drug-likeness (QED) is 0.340. The lowest BCUT2D eigenvalue weighted by Gasteiger charge is -2.49. The summed E-state index contributed by atoms with van der Waals surface area (Å²) in [6, 6.07) is 0. The van der Waals surface area contributed by atoms with E-state index >= 15 is 0 Å². The number of rotatable bonds is 7. The fourth-order valence-corrected chi connectivity index (χ4v) is 13.4. The Bertz CT molecular complexity index is 469. The zero-order valence-electron chi connectivity index (χ0n) is 22.2. The van der Waals surface area contributed by atoms with Crippen molar-refractivity contribution in [3.8, 4) is 0 Å². The van der Waals surface area contributed by atoms with Crippen LogP contribution in [0.1, 0.15) is 154 Å². The van der Waals surface area contributed by atoms with E-state index in [-0.39, 0.29) is 0 Å². The first-order valence-corrected chi connectivity index (χ1v) is 17.5. The smallest absolute Gasteiger partial charge is 0.344 e. The van der Waals surface area contributed by atoms with Gasteiger partial charge in [-0.05, 0) is 63.2 Å². The Hall–Kier alpha value is 0.137. The molecule has 33 heavy (non-hydrogen) atoms. The third kappa shape index (κ3) is 7.10. The van der Waals surface area contributed by atoms with Crippen LogP contribution in [0.3, 0.4) is 0 Å². The fraction of sp³-hybridized carbons (Fsp3) is 1.00. The predicted molar refractivity (Wildman–Crippen MR) is 143 cm³/mol. The van der Waals surface area contributed by atoms with E-state index in [0.29, 0.717) is 6.10 Å². The molecule has 0 saturated heterocycles. The van der Waals surface area contributed by atoms with Crippen molar-refractivity contribution in [1.29, 1.82) is 0 Å². The van der Waals surface area contributed by atoms with Crippen molar-refractivity contribution >= 4 is 8.56 Å². The monoisotopic (exact) mass is 476 g/mol. The zero-order valence-corrected chi connectivity index (χ0v) is 23.2. The second kappa shape index (κ2) is 14.0. The van der Waals surface area contributed by atoms with Crippen molar-refractivity contribution < 1.29 is 8.85 Å². The number of hydrogen-bond acceptors (Lipinski definition) is 2. The Morgan fingerprint density at radius 3 is 1.12 bits per heavy atom. The highest BCUT2D eigenvalue weighted by atomic mass is 28.4. The van der Waals surface area contributed by atoms with E-state index in [1.165, 1.54) is 154 Å². The Balaban J connectivity index is 1.63. The average Bonchev–Trinajstić information content (AvgIpc) is 2.82. The minimum absolute atomic E-state index is 0.507. The number of hydrogen-bond donors (Lipinski definition) is 0. The third-order valence-corrected chi connectivity index (χ3v) is 14.9. The van der Waals surface area contributed by atoms with Crippen LogP contribution in [0.25, 0.3) is 0 Å². The molecule has 0 amide bonds. The molecule has 4 aliphatic carbocycles. The molecule has 0 N–H and O–H groups in total. The van der Waals surface area contributed by atoms with Crippen LogP contribution in [0.2, 0.25) is 11.1 Å². The van der Waals surface area contributed by atoms with Crippen molar-refractivity contribution in [2.75, 3.05) is 7.11 Å². The largest absolute Gasteiger partial charge is 0.397 e. The van der Waals surface area contributed by atoms with Crippen molar-refractivity contribution in [3.63, 3.8) is 0 Å². The van der Waals surface area contributed by atoms with Crippen molar-refractivity contribution in [2.24, 2.45) is 11.8 Å². The molecule has 0 aliphatic heterocycles. The summed E-state index contributed by atoms with van der Waals surface area (Å²) >= 11 is 0. The molecule has 0 aromatic heterocycles. The molecule has 0 radical (unpaired) electrons. The average molecular weight is 477 g/mol. The van der Waals surface area contributed by atoms with Gasteiger partial charge in [0.05, 0.1) is 6.10 Å². The second-order valence-corrected chi connectivity index (χ2v) is 16.1. The van der Waals surface area contributed by atoms with E-state index in [4.69, 9.17) is 8.85 Å². The molecule has 192 valence electrons. The van der Waals surface area contributed by atoms with Gasteiger partial charge in [-0.3, -0.25) is 0 Å². The molecule has 0 bridgehead atoms. The van der Waals surface area contributed by atoms with Gasteiger partial charge in [0.2, 0.25) is 0 Å². The Morgan fingerprint density at radius 1 is 0.455 bits per heavy atom. The van der Waals surface area contributed by atoms with Gasteiger partial charge in [-0.2, -0.15) is 0 Å². The SMILES string of the molecule is CO[Si](OC(C1CCCCC1)C1CCCCC1)(C1CCCCCCC1)C1CCCCCCC1. The van der Waals surface area contributed by atoms with Crippen LogP contribution in [-0.2, 0) is 8.85 Å². The summed E-state index contributed by atoms with van der Waals surface area (Å²) in [6.45, 7) is 0. The van der Waals surface area contributed by atoms with Crippen LogP contribution < -0.4 is 0 Å². The predicted octanol–water partition coefficient (Wildman–Crippen LogP) is 9.85. The third-order valence-electron chi connectivity index (χ3n) is 10.2. The maximum atomic E-state index is 7.85. The molecule has 4 fully saturated rings. The van der Waals surface area contributed by atoms with E-state index in [1.54, 1.807) is 0 Å². The minimum Gasteiger partial charge on any atom is -0.397 e. The summed E-state index contributed by atoms with van der Waals surface area (Å²) in [5.74, 6) is 1.62. The fourth-order valence-electron chi connectivity index (χ4n) is 8.34. The van der Waals surface area contributed by atoms with E-state index in [9.17, 15) is 0 Å². The zero-order chi connectivity index (χ0) is 22.8. The topological polar surface area (TPSA) is 18.5 Å². The summed E-state index contributed by atoms with van der Waals surface area (Å²) in [7, 11) is -0.208. The van der Waals surface area contributed by atoms with Crippen LogP contribution in [0.5, 0.6) is 0 Å². The van der Waals surface area contributed by atoms with E-state index in [2.05, 4.69) is 7.11 Å². The summed E-state index contributed by atoms with van der Waals surface area (Å²) in [5, 5.41) is 0. The molecule has 0 aromatic carbocycles. The minimum atomic E-state index is -2.31. The summed E-state index contributed by atoms with van der Waals surface area (Å²) in [6.07, 6.45) is 34.7. The van der Waals surface area contributed by atoms with Crippen LogP contribution in [0, 0.1) is 11.8 Å². The highest BCUT2D eigenvalue weighted by Gasteiger charge is 2.53. The lowest BCUT2D eigenvalue weighted by Crippen LogP contribution is -2.55. The lowest BCUT2D eigenvalue weighted by molar-refractivity contribution is 0.0000373. The van der Waals surface area contributed by atoms with Gasteiger partial charge in [-0.1, -0.05) is 103 Å². The van der Waals surface area contributed by atoms with Crippen LogP contribution >= 0.6 is 0 Å². The van der Waals surface area contributed by atoms with Crippen LogP contribution in [0.4, 0.5) is 0 Å². The first-order valence-electron chi connectivity index (χ1n) is 15.6. The van der Waals surface area contributed by atoms with Gasteiger partial charge in [0.25, 0.3) is 0 Å². The van der Waals surface area contributed by atoms with E-state index < -0.39 is 8.56 Å².